The minimum atomic E-state index is -0.336. The van der Waals surface area contributed by atoms with Gasteiger partial charge in [0.2, 0.25) is 0 Å². The van der Waals surface area contributed by atoms with E-state index in [1.165, 1.54) is 24.3 Å². The van der Waals surface area contributed by atoms with Crippen LogP contribution in [0.5, 0.6) is 5.75 Å². The van der Waals surface area contributed by atoms with E-state index in [0.29, 0.717) is 18.7 Å². The van der Waals surface area contributed by atoms with Gasteiger partial charge in [0.25, 0.3) is 0 Å². The number of anilines is 1. The van der Waals surface area contributed by atoms with Crippen LogP contribution in [0.1, 0.15) is 5.56 Å². The number of ether oxygens (including phenoxy) is 1. The maximum Gasteiger partial charge on any atom is 0.319 e. The number of halogens is 1. The Balaban J connectivity index is 1.80. The number of rotatable bonds is 5. The highest BCUT2D eigenvalue weighted by molar-refractivity contribution is 5.89. The van der Waals surface area contributed by atoms with Crippen molar-refractivity contribution in [1.29, 1.82) is 0 Å². The molecule has 0 aliphatic heterocycles. The van der Waals surface area contributed by atoms with Gasteiger partial charge in [-0.1, -0.05) is 18.2 Å². The van der Waals surface area contributed by atoms with Crippen molar-refractivity contribution in [2.45, 2.75) is 6.42 Å². The van der Waals surface area contributed by atoms with Crippen molar-refractivity contribution in [1.82, 2.24) is 5.32 Å². The highest BCUT2D eigenvalue weighted by Crippen LogP contribution is 2.17. The summed E-state index contributed by atoms with van der Waals surface area (Å²) in [6.07, 6.45) is 0.668. The van der Waals surface area contributed by atoms with Crippen LogP contribution in [0.4, 0.5) is 14.9 Å². The Morgan fingerprint density at radius 1 is 1.14 bits per heavy atom. The van der Waals surface area contributed by atoms with Gasteiger partial charge >= 0.3 is 6.03 Å². The minimum Gasteiger partial charge on any atom is -0.496 e. The predicted molar refractivity (Wildman–Crippen MR) is 80.1 cm³/mol. The van der Waals surface area contributed by atoms with E-state index in [2.05, 4.69) is 10.6 Å². The molecule has 0 radical (unpaired) electrons. The largest absolute Gasteiger partial charge is 0.496 e. The fourth-order valence-corrected chi connectivity index (χ4v) is 1.93. The predicted octanol–water partition coefficient (Wildman–Crippen LogP) is 3.20. The zero-order valence-corrected chi connectivity index (χ0v) is 11.7. The fourth-order valence-electron chi connectivity index (χ4n) is 1.93. The molecular weight excluding hydrogens is 271 g/mol. The van der Waals surface area contributed by atoms with Crippen molar-refractivity contribution in [2.24, 2.45) is 0 Å². The van der Waals surface area contributed by atoms with Gasteiger partial charge in [-0.15, -0.1) is 0 Å². The summed E-state index contributed by atoms with van der Waals surface area (Å²) in [4.78, 5) is 11.7. The normalized spacial score (nSPS) is 10.0. The molecule has 2 N–H and O–H groups in total. The summed E-state index contributed by atoms with van der Waals surface area (Å²) in [5.41, 5.74) is 1.58. The molecule has 0 heterocycles. The summed E-state index contributed by atoms with van der Waals surface area (Å²) in [7, 11) is 1.62. The molecule has 0 atom stereocenters. The highest BCUT2D eigenvalue weighted by atomic mass is 19.1. The van der Waals surface area contributed by atoms with Gasteiger partial charge in [0.1, 0.15) is 11.6 Å². The summed E-state index contributed by atoms with van der Waals surface area (Å²) in [6, 6.07) is 13.0. The van der Waals surface area contributed by atoms with Crippen molar-refractivity contribution in [3.8, 4) is 5.75 Å². The molecular formula is C16H17FN2O2. The van der Waals surface area contributed by atoms with Crippen LogP contribution in [0.25, 0.3) is 0 Å². The number of benzene rings is 2. The van der Waals surface area contributed by atoms with Gasteiger partial charge < -0.3 is 15.4 Å². The van der Waals surface area contributed by atoms with E-state index >= 15 is 0 Å². The van der Waals surface area contributed by atoms with Crippen molar-refractivity contribution in [3.05, 3.63) is 59.9 Å². The number of para-hydroxylation sites is 1. The van der Waals surface area contributed by atoms with Crippen molar-refractivity contribution in [3.63, 3.8) is 0 Å². The molecule has 0 fully saturated rings. The standard InChI is InChI=1S/C16H17FN2O2/c1-21-15-5-3-2-4-12(15)10-11-18-16(20)19-14-8-6-13(17)7-9-14/h2-9H,10-11H2,1H3,(H2,18,19,20). The smallest absolute Gasteiger partial charge is 0.319 e. The van der Waals surface area contributed by atoms with Crippen LogP contribution in [-0.4, -0.2) is 19.7 Å². The van der Waals surface area contributed by atoms with Crippen LogP contribution in [-0.2, 0) is 6.42 Å². The number of methoxy groups -OCH3 is 1. The number of nitrogens with one attached hydrogen (secondary N) is 2. The van der Waals surface area contributed by atoms with Gasteiger partial charge in [-0.05, 0) is 42.3 Å². The van der Waals surface area contributed by atoms with E-state index in [4.69, 9.17) is 4.74 Å². The van der Waals surface area contributed by atoms with Crippen molar-refractivity contribution in [2.75, 3.05) is 19.0 Å². The average molecular weight is 288 g/mol. The molecule has 0 saturated carbocycles. The summed E-state index contributed by atoms with van der Waals surface area (Å²) >= 11 is 0. The average Bonchev–Trinajstić information content (AvgIpc) is 2.50. The summed E-state index contributed by atoms with van der Waals surface area (Å²) in [6.45, 7) is 0.480. The molecule has 21 heavy (non-hydrogen) atoms. The Labute approximate surface area is 122 Å². The molecule has 5 heteroatoms. The Bertz CT molecular complexity index is 599. The fraction of sp³-hybridized carbons (Fsp3) is 0.188. The third-order valence-corrected chi connectivity index (χ3v) is 2.97. The van der Waals surface area contributed by atoms with Gasteiger partial charge in [0.05, 0.1) is 7.11 Å². The zero-order chi connectivity index (χ0) is 15.1. The number of amides is 2. The van der Waals surface area contributed by atoms with E-state index in [-0.39, 0.29) is 11.8 Å². The third kappa shape index (κ3) is 4.49. The van der Waals surface area contributed by atoms with Crippen LogP contribution in [0, 0.1) is 5.82 Å². The summed E-state index contributed by atoms with van der Waals surface area (Å²) in [5, 5.41) is 5.38. The Morgan fingerprint density at radius 3 is 2.57 bits per heavy atom. The molecule has 0 unspecified atom stereocenters. The number of hydrogen-bond donors (Lipinski definition) is 2. The van der Waals surface area contributed by atoms with Crippen molar-refractivity contribution >= 4 is 11.7 Å². The molecule has 110 valence electrons. The summed E-state index contributed by atoms with van der Waals surface area (Å²) in [5.74, 6) is 0.468. The lowest BCUT2D eigenvalue weighted by Crippen LogP contribution is -2.30. The Morgan fingerprint density at radius 2 is 1.86 bits per heavy atom. The topological polar surface area (TPSA) is 50.4 Å². The molecule has 0 aliphatic rings. The monoisotopic (exact) mass is 288 g/mol. The van der Waals surface area contributed by atoms with Gasteiger partial charge in [0, 0.05) is 12.2 Å². The quantitative estimate of drug-likeness (QED) is 0.887. The molecule has 0 saturated heterocycles. The van der Waals surface area contributed by atoms with Crippen molar-refractivity contribution < 1.29 is 13.9 Å². The summed E-state index contributed by atoms with van der Waals surface area (Å²) < 4.78 is 18.0. The van der Waals surface area contributed by atoms with Gasteiger partial charge in [-0.2, -0.15) is 0 Å². The third-order valence-electron chi connectivity index (χ3n) is 2.97. The van der Waals surface area contributed by atoms with E-state index in [1.807, 2.05) is 24.3 Å². The first kappa shape index (κ1) is 14.8. The molecule has 0 aromatic heterocycles. The number of carbonyl (C=O) groups excluding carboxylic acids is 1. The molecule has 0 spiro atoms. The SMILES string of the molecule is COc1ccccc1CCNC(=O)Nc1ccc(F)cc1. The molecule has 0 bridgehead atoms. The maximum atomic E-state index is 12.7. The van der Waals surface area contributed by atoms with E-state index in [1.54, 1.807) is 7.11 Å². The molecule has 2 aromatic carbocycles. The van der Waals surface area contributed by atoms with E-state index < -0.39 is 0 Å². The molecule has 4 nitrogen and oxygen atoms in total. The first-order chi connectivity index (χ1) is 10.2. The number of carbonyl (C=O) groups is 1. The number of urea groups is 1. The number of hydrogen-bond acceptors (Lipinski definition) is 2. The lowest BCUT2D eigenvalue weighted by atomic mass is 10.1. The Hall–Kier alpha value is -2.56. The van der Waals surface area contributed by atoms with Gasteiger partial charge in [-0.25, -0.2) is 9.18 Å². The highest BCUT2D eigenvalue weighted by Gasteiger charge is 2.04. The van der Waals surface area contributed by atoms with Gasteiger partial charge in [-0.3, -0.25) is 0 Å². The van der Waals surface area contributed by atoms with E-state index in [9.17, 15) is 9.18 Å². The van der Waals surface area contributed by atoms with Gasteiger partial charge in [0.15, 0.2) is 0 Å². The van der Waals surface area contributed by atoms with Crippen LogP contribution in [0.15, 0.2) is 48.5 Å². The van der Waals surface area contributed by atoms with Crippen LogP contribution in [0.2, 0.25) is 0 Å². The first-order valence-electron chi connectivity index (χ1n) is 6.61. The second kappa shape index (κ2) is 7.28. The molecule has 0 aliphatic carbocycles. The van der Waals surface area contributed by atoms with Crippen LogP contribution in [0.3, 0.4) is 0 Å². The van der Waals surface area contributed by atoms with Crippen LogP contribution >= 0.6 is 0 Å². The zero-order valence-electron chi connectivity index (χ0n) is 11.7. The molecule has 2 aromatic rings. The minimum absolute atomic E-state index is 0.323. The second-order valence-electron chi connectivity index (χ2n) is 4.45. The Kier molecular flexibility index (Phi) is 5.15. The van der Waals surface area contributed by atoms with E-state index in [0.717, 1.165) is 11.3 Å². The lowest BCUT2D eigenvalue weighted by molar-refractivity contribution is 0.252. The maximum absolute atomic E-state index is 12.7. The lowest BCUT2D eigenvalue weighted by Gasteiger charge is -2.10. The first-order valence-corrected chi connectivity index (χ1v) is 6.61. The van der Waals surface area contributed by atoms with Crippen LogP contribution < -0.4 is 15.4 Å². The molecule has 2 rings (SSSR count). The second-order valence-corrected chi connectivity index (χ2v) is 4.45. The molecule has 2 amide bonds.